The van der Waals surface area contributed by atoms with Gasteiger partial charge in [0.15, 0.2) is 0 Å². The fourth-order valence-corrected chi connectivity index (χ4v) is 1.12. The van der Waals surface area contributed by atoms with E-state index >= 15 is 0 Å². The minimum Gasteiger partial charge on any atom is -0.481 e. The van der Waals surface area contributed by atoms with Crippen LogP contribution in [-0.4, -0.2) is 50.1 Å². The molecule has 0 aromatic carbocycles. The second-order valence-electron chi connectivity index (χ2n) is 3.92. The zero-order valence-corrected chi connectivity index (χ0v) is 12.3. The summed E-state index contributed by atoms with van der Waals surface area (Å²) in [4.78, 5) is 20.3. The second kappa shape index (κ2) is 14.9. The van der Waals surface area contributed by atoms with Gasteiger partial charge in [0.05, 0.1) is 6.61 Å². The second-order valence-corrected chi connectivity index (χ2v) is 3.92. The van der Waals surface area contributed by atoms with Crippen LogP contribution in [0.2, 0.25) is 0 Å². The van der Waals surface area contributed by atoms with E-state index in [-0.39, 0.29) is 18.5 Å². The summed E-state index contributed by atoms with van der Waals surface area (Å²) >= 11 is 0. The molecule has 0 saturated carbocycles. The van der Waals surface area contributed by atoms with Crippen LogP contribution in [-0.2, 0) is 23.8 Å². The van der Waals surface area contributed by atoms with E-state index < -0.39 is 5.97 Å². The van der Waals surface area contributed by atoms with Crippen molar-refractivity contribution in [3.05, 3.63) is 0 Å². The summed E-state index contributed by atoms with van der Waals surface area (Å²) < 4.78 is 14.5. The van der Waals surface area contributed by atoms with Crippen LogP contribution in [0.15, 0.2) is 0 Å². The lowest BCUT2D eigenvalue weighted by Crippen LogP contribution is -2.18. The van der Waals surface area contributed by atoms with Crippen molar-refractivity contribution in [2.24, 2.45) is 0 Å². The number of methoxy groups -OCH3 is 1. The van der Waals surface area contributed by atoms with Gasteiger partial charge in [0.1, 0.15) is 6.10 Å². The first-order valence-corrected chi connectivity index (χ1v) is 6.39. The summed E-state index contributed by atoms with van der Waals surface area (Å²) in [5, 5.41) is 8.17. The topological polar surface area (TPSA) is 82.1 Å². The van der Waals surface area contributed by atoms with E-state index in [1.54, 1.807) is 14.0 Å². The van der Waals surface area contributed by atoms with Crippen LogP contribution in [0.4, 0.5) is 0 Å². The summed E-state index contributed by atoms with van der Waals surface area (Å²) in [6, 6.07) is 0. The number of hydrogen-bond acceptors (Lipinski definition) is 5. The Kier molecular flexibility index (Phi) is 15.8. The number of ether oxygens (including phenoxy) is 3. The zero-order chi connectivity index (χ0) is 15.1. The number of esters is 1. The maximum Gasteiger partial charge on any atom is 0.303 e. The molecule has 6 heteroatoms. The molecule has 0 spiro atoms. The van der Waals surface area contributed by atoms with Crippen LogP contribution in [0.3, 0.4) is 0 Å². The Bertz CT molecular complexity index is 229. The van der Waals surface area contributed by atoms with Gasteiger partial charge in [-0.05, 0) is 26.7 Å². The molecule has 0 amide bonds. The van der Waals surface area contributed by atoms with E-state index in [1.165, 1.54) is 6.92 Å². The number of hydrogen-bond donors (Lipinski definition) is 1. The number of carboxylic acid groups (broad SMARTS) is 1. The quantitative estimate of drug-likeness (QED) is 0.512. The number of carboxylic acids is 1. The SMILES string of the molecule is CCOCC(C)OC(C)=O.COCCCCC(=O)O. The number of aliphatic carboxylic acids is 1. The van der Waals surface area contributed by atoms with Gasteiger partial charge < -0.3 is 19.3 Å². The lowest BCUT2D eigenvalue weighted by atomic mass is 10.2. The Hall–Kier alpha value is -1.14. The van der Waals surface area contributed by atoms with Crippen LogP contribution in [0.1, 0.15) is 40.0 Å². The highest BCUT2D eigenvalue weighted by molar-refractivity contribution is 5.66. The highest BCUT2D eigenvalue weighted by Crippen LogP contribution is 1.94. The minimum atomic E-state index is -0.730. The summed E-state index contributed by atoms with van der Waals surface area (Å²) in [7, 11) is 1.61. The monoisotopic (exact) mass is 278 g/mol. The van der Waals surface area contributed by atoms with Gasteiger partial charge in [-0.25, -0.2) is 0 Å². The van der Waals surface area contributed by atoms with Crippen molar-refractivity contribution in [1.29, 1.82) is 0 Å². The predicted octanol–water partition coefficient (Wildman–Crippen LogP) is 1.86. The van der Waals surface area contributed by atoms with Gasteiger partial charge in [0.2, 0.25) is 0 Å². The van der Waals surface area contributed by atoms with E-state index in [0.29, 0.717) is 26.2 Å². The third-order valence-corrected chi connectivity index (χ3v) is 1.91. The average molecular weight is 278 g/mol. The van der Waals surface area contributed by atoms with Gasteiger partial charge >= 0.3 is 11.9 Å². The molecule has 0 bridgehead atoms. The van der Waals surface area contributed by atoms with E-state index in [2.05, 4.69) is 0 Å². The molecule has 0 aliphatic carbocycles. The standard InChI is InChI=1S/C7H14O3.C6H12O3/c1-4-9-5-6(2)10-7(3)8;1-9-5-3-2-4-6(7)8/h6H,4-5H2,1-3H3;2-5H2,1H3,(H,7,8). The van der Waals surface area contributed by atoms with Crippen molar-refractivity contribution in [2.45, 2.75) is 46.1 Å². The predicted molar refractivity (Wildman–Crippen MR) is 71.1 cm³/mol. The van der Waals surface area contributed by atoms with Crippen LogP contribution in [0.5, 0.6) is 0 Å². The maximum absolute atomic E-state index is 10.3. The zero-order valence-electron chi connectivity index (χ0n) is 12.3. The Morgan fingerprint density at radius 1 is 1.26 bits per heavy atom. The third kappa shape index (κ3) is 22.5. The highest BCUT2D eigenvalue weighted by Gasteiger charge is 2.03. The van der Waals surface area contributed by atoms with Gasteiger partial charge in [-0.2, -0.15) is 0 Å². The molecular formula is C13H26O6. The molecule has 0 rings (SSSR count). The van der Waals surface area contributed by atoms with Crippen molar-refractivity contribution >= 4 is 11.9 Å². The summed E-state index contributed by atoms with van der Waals surface area (Å²) in [6.45, 7) is 6.90. The number of unbranched alkanes of at least 4 members (excludes halogenated alkanes) is 1. The normalized spacial score (nSPS) is 11.2. The average Bonchev–Trinajstić information content (AvgIpc) is 2.32. The Morgan fingerprint density at radius 2 is 1.89 bits per heavy atom. The summed E-state index contributed by atoms with van der Waals surface area (Å²) in [6.07, 6.45) is 1.67. The van der Waals surface area contributed by atoms with Crippen molar-refractivity contribution < 1.29 is 28.9 Å². The molecule has 0 fully saturated rings. The van der Waals surface area contributed by atoms with Crippen molar-refractivity contribution in [3.63, 3.8) is 0 Å². The molecule has 114 valence electrons. The Balaban J connectivity index is 0. The Labute approximate surface area is 115 Å². The fraction of sp³-hybridized carbons (Fsp3) is 0.846. The highest BCUT2D eigenvalue weighted by atomic mass is 16.6. The molecule has 6 nitrogen and oxygen atoms in total. The lowest BCUT2D eigenvalue weighted by Gasteiger charge is -2.10. The van der Waals surface area contributed by atoms with Crippen molar-refractivity contribution in [1.82, 2.24) is 0 Å². The molecular weight excluding hydrogens is 252 g/mol. The van der Waals surface area contributed by atoms with Crippen LogP contribution in [0.25, 0.3) is 0 Å². The molecule has 1 N–H and O–H groups in total. The van der Waals surface area contributed by atoms with Crippen LogP contribution >= 0.6 is 0 Å². The molecule has 0 aromatic heterocycles. The van der Waals surface area contributed by atoms with E-state index in [1.807, 2.05) is 6.92 Å². The Morgan fingerprint density at radius 3 is 2.32 bits per heavy atom. The summed E-state index contributed by atoms with van der Waals surface area (Å²) in [5.74, 6) is -0.988. The first kappa shape index (κ1) is 20.2. The lowest BCUT2D eigenvalue weighted by molar-refractivity contribution is -0.148. The molecule has 0 radical (unpaired) electrons. The van der Waals surface area contributed by atoms with Gasteiger partial charge in [-0.1, -0.05) is 0 Å². The number of rotatable bonds is 9. The van der Waals surface area contributed by atoms with Crippen LogP contribution < -0.4 is 0 Å². The molecule has 0 saturated heterocycles. The van der Waals surface area contributed by atoms with Gasteiger partial charge in [-0.3, -0.25) is 9.59 Å². The minimum absolute atomic E-state index is 0.127. The third-order valence-electron chi connectivity index (χ3n) is 1.91. The van der Waals surface area contributed by atoms with Crippen molar-refractivity contribution in [3.8, 4) is 0 Å². The van der Waals surface area contributed by atoms with Crippen molar-refractivity contribution in [2.75, 3.05) is 26.9 Å². The van der Waals surface area contributed by atoms with E-state index in [9.17, 15) is 9.59 Å². The van der Waals surface area contributed by atoms with E-state index in [4.69, 9.17) is 19.3 Å². The fourth-order valence-electron chi connectivity index (χ4n) is 1.12. The largest absolute Gasteiger partial charge is 0.481 e. The smallest absolute Gasteiger partial charge is 0.303 e. The number of carbonyl (C=O) groups is 2. The van der Waals surface area contributed by atoms with Gasteiger partial charge in [-0.15, -0.1) is 0 Å². The first-order valence-electron chi connectivity index (χ1n) is 6.39. The van der Waals surface area contributed by atoms with Gasteiger partial charge in [0.25, 0.3) is 0 Å². The molecule has 1 atom stereocenters. The van der Waals surface area contributed by atoms with Crippen LogP contribution in [0, 0.1) is 0 Å². The number of carbonyl (C=O) groups excluding carboxylic acids is 1. The van der Waals surface area contributed by atoms with E-state index in [0.717, 1.165) is 6.42 Å². The maximum atomic E-state index is 10.3. The summed E-state index contributed by atoms with van der Waals surface area (Å²) in [5.41, 5.74) is 0. The molecule has 19 heavy (non-hydrogen) atoms. The molecule has 0 aromatic rings. The van der Waals surface area contributed by atoms with Gasteiger partial charge in [0, 0.05) is 33.7 Å². The molecule has 1 unspecified atom stereocenters. The first-order chi connectivity index (χ1) is 8.93. The molecule has 0 aliphatic rings. The molecule has 0 heterocycles. The molecule has 0 aliphatic heterocycles.